The fraction of sp³-hybridized carbons (Fsp3) is 0.818. The summed E-state index contributed by atoms with van der Waals surface area (Å²) in [4.78, 5) is 12.1. The molecule has 0 saturated heterocycles. The van der Waals surface area contributed by atoms with Gasteiger partial charge in [-0.25, -0.2) is 0 Å². The van der Waals surface area contributed by atoms with Gasteiger partial charge >= 0.3 is 0 Å². The Morgan fingerprint density at radius 1 is 1.12 bits per heavy atom. The van der Waals surface area contributed by atoms with E-state index in [9.17, 15) is 10.1 Å². The highest BCUT2D eigenvalue weighted by atomic mass is 16.1. The predicted octanol–water partition coefficient (Wildman–Crippen LogP) is 4.51. The standard InChI is InChI=1S/C22H27NO/c1-21-5-4-13-14-3-2-12(24)8-18(14)22(6-7-22)10-17(13)20(21)16-9-15(16)19(21)11-23/h8,13-17,19-20H,2-7,9-10H2,1H3/t13-,14-,15+,16-,17-,19+,20+,21-/m1/s1. The molecule has 126 valence electrons. The van der Waals surface area contributed by atoms with Crippen LogP contribution in [0.1, 0.15) is 58.3 Å². The highest BCUT2D eigenvalue weighted by Crippen LogP contribution is 2.77. The Hall–Kier alpha value is -1.10. The molecule has 0 aromatic rings. The molecule has 0 amide bonds. The molecule has 5 fully saturated rings. The fourth-order valence-electron chi connectivity index (χ4n) is 8.33. The van der Waals surface area contributed by atoms with Crippen LogP contribution < -0.4 is 0 Å². The fourth-order valence-corrected chi connectivity index (χ4v) is 8.33. The van der Waals surface area contributed by atoms with Gasteiger partial charge in [-0.05, 0) is 97.4 Å². The van der Waals surface area contributed by atoms with Crippen molar-refractivity contribution in [2.75, 3.05) is 0 Å². The van der Waals surface area contributed by atoms with Crippen molar-refractivity contribution in [2.24, 2.45) is 52.3 Å². The van der Waals surface area contributed by atoms with Gasteiger partial charge in [-0.2, -0.15) is 5.26 Å². The molecular weight excluding hydrogens is 294 g/mol. The second-order valence-electron chi connectivity index (χ2n) is 10.3. The van der Waals surface area contributed by atoms with Crippen LogP contribution in [0.3, 0.4) is 0 Å². The third kappa shape index (κ3) is 1.52. The van der Waals surface area contributed by atoms with E-state index in [0.717, 1.165) is 42.4 Å². The minimum Gasteiger partial charge on any atom is -0.295 e. The van der Waals surface area contributed by atoms with Crippen LogP contribution in [-0.2, 0) is 4.79 Å². The molecule has 8 atom stereocenters. The first-order valence-electron chi connectivity index (χ1n) is 10.2. The molecule has 6 aliphatic rings. The van der Waals surface area contributed by atoms with Crippen molar-refractivity contribution >= 4 is 5.78 Å². The Morgan fingerprint density at radius 3 is 2.71 bits per heavy atom. The third-order valence-electron chi connectivity index (χ3n) is 9.45. The number of ketones is 1. The average molecular weight is 321 g/mol. The number of nitriles is 1. The maximum absolute atomic E-state index is 12.1. The molecule has 0 aromatic heterocycles. The van der Waals surface area contributed by atoms with Crippen molar-refractivity contribution in [3.63, 3.8) is 0 Å². The molecule has 2 nitrogen and oxygen atoms in total. The van der Waals surface area contributed by atoms with Gasteiger partial charge in [0, 0.05) is 6.42 Å². The number of carbonyl (C=O) groups is 1. The summed E-state index contributed by atoms with van der Waals surface area (Å²) in [5.41, 5.74) is 2.28. The van der Waals surface area contributed by atoms with E-state index in [1.807, 2.05) is 0 Å². The molecule has 0 unspecified atom stereocenters. The van der Waals surface area contributed by atoms with Gasteiger partial charge in [-0.3, -0.25) is 4.79 Å². The largest absolute Gasteiger partial charge is 0.295 e. The van der Waals surface area contributed by atoms with Crippen molar-refractivity contribution in [3.8, 4) is 6.07 Å². The number of hydrogen-bond donors (Lipinski definition) is 0. The second-order valence-corrected chi connectivity index (χ2v) is 10.3. The third-order valence-corrected chi connectivity index (χ3v) is 9.45. The molecule has 1 spiro atoms. The molecule has 0 aromatic carbocycles. The normalized spacial score (nSPS) is 55.6. The molecule has 0 radical (unpaired) electrons. The molecule has 0 bridgehead atoms. The van der Waals surface area contributed by atoms with E-state index >= 15 is 0 Å². The minimum absolute atomic E-state index is 0.297. The van der Waals surface area contributed by atoms with Gasteiger partial charge in [0.1, 0.15) is 0 Å². The minimum atomic E-state index is 0.297. The summed E-state index contributed by atoms with van der Waals surface area (Å²) in [6.07, 6.45) is 11.9. The van der Waals surface area contributed by atoms with Gasteiger partial charge < -0.3 is 0 Å². The summed E-state index contributed by atoms with van der Waals surface area (Å²) in [5.74, 6) is 5.47. The van der Waals surface area contributed by atoms with Crippen LogP contribution in [0.2, 0.25) is 0 Å². The monoisotopic (exact) mass is 321 g/mol. The van der Waals surface area contributed by atoms with Crippen LogP contribution in [-0.4, -0.2) is 5.78 Å². The summed E-state index contributed by atoms with van der Waals surface area (Å²) in [5, 5.41) is 9.80. The van der Waals surface area contributed by atoms with Gasteiger partial charge in [0.2, 0.25) is 0 Å². The van der Waals surface area contributed by atoms with Crippen LogP contribution in [0.15, 0.2) is 11.6 Å². The topological polar surface area (TPSA) is 40.9 Å². The maximum atomic E-state index is 12.1. The molecule has 0 heterocycles. The molecule has 0 aliphatic heterocycles. The number of carbonyl (C=O) groups excluding carboxylic acids is 1. The Bertz CT molecular complexity index is 710. The van der Waals surface area contributed by atoms with Crippen molar-refractivity contribution in [3.05, 3.63) is 11.6 Å². The highest BCUT2D eigenvalue weighted by Gasteiger charge is 2.71. The van der Waals surface area contributed by atoms with Crippen molar-refractivity contribution in [1.29, 1.82) is 5.26 Å². The van der Waals surface area contributed by atoms with E-state index in [2.05, 4.69) is 19.1 Å². The molecule has 5 saturated carbocycles. The molecule has 24 heavy (non-hydrogen) atoms. The number of rotatable bonds is 0. The summed E-state index contributed by atoms with van der Waals surface area (Å²) in [7, 11) is 0. The summed E-state index contributed by atoms with van der Waals surface area (Å²) >= 11 is 0. The first-order chi connectivity index (χ1) is 11.6. The van der Waals surface area contributed by atoms with E-state index < -0.39 is 0 Å². The van der Waals surface area contributed by atoms with Crippen LogP contribution in [0.5, 0.6) is 0 Å². The van der Waals surface area contributed by atoms with Gasteiger partial charge in [0.05, 0.1) is 12.0 Å². The molecule has 2 heteroatoms. The Kier molecular flexibility index (Phi) is 2.45. The number of allylic oxidation sites excluding steroid dienone is 1. The zero-order valence-electron chi connectivity index (χ0n) is 14.6. The number of fused-ring (bicyclic) bond motifs is 8. The van der Waals surface area contributed by atoms with Gasteiger partial charge in [-0.1, -0.05) is 12.5 Å². The summed E-state index contributed by atoms with van der Waals surface area (Å²) < 4.78 is 0. The molecule has 6 aliphatic carbocycles. The number of hydrogen-bond acceptors (Lipinski definition) is 2. The Labute approximate surface area is 144 Å². The van der Waals surface area contributed by atoms with Crippen molar-refractivity contribution < 1.29 is 4.79 Å². The molecule has 6 rings (SSSR count). The number of nitrogens with zero attached hydrogens (tertiary/aromatic N) is 1. The van der Waals surface area contributed by atoms with E-state index in [-0.39, 0.29) is 0 Å². The van der Waals surface area contributed by atoms with E-state index in [1.165, 1.54) is 38.5 Å². The van der Waals surface area contributed by atoms with Crippen LogP contribution in [0.25, 0.3) is 0 Å². The Balaban J connectivity index is 1.42. The lowest BCUT2D eigenvalue weighted by atomic mass is 9.48. The van der Waals surface area contributed by atoms with E-state index in [1.54, 1.807) is 5.57 Å². The first-order valence-corrected chi connectivity index (χ1v) is 10.2. The van der Waals surface area contributed by atoms with Crippen LogP contribution >= 0.6 is 0 Å². The van der Waals surface area contributed by atoms with Crippen molar-refractivity contribution in [1.82, 2.24) is 0 Å². The summed E-state index contributed by atoms with van der Waals surface area (Å²) in [6, 6.07) is 2.73. The maximum Gasteiger partial charge on any atom is 0.155 e. The van der Waals surface area contributed by atoms with Gasteiger partial charge in [0.25, 0.3) is 0 Å². The van der Waals surface area contributed by atoms with Crippen molar-refractivity contribution in [2.45, 2.75) is 58.3 Å². The zero-order chi connectivity index (χ0) is 16.3. The lowest BCUT2D eigenvalue weighted by Crippen LogP contribution is -2.50. The molecular formula is C22H27NO. The lowest BCUT2D eigenvalue weighted by Gasteiger charge is -2.56. The SMILES string of the molecule is C[C@]12CC[C@H]3[C@@H](CC4(CC4)C4=CC(=O)CC[C@@H]43)[C@@H]1[C@@H]1C[C@@H]1[C@@H]2C#N. The first kappa shape index (κ1) is 14.1. The van der Waals surface area contributed by atoms with E-state index in [0.29, 0.717) is 28.4 Å². The van der Waals surface area contributed by atoms with Crippen LogP contribution in [0.4, 0.5) is 0 Å². The molecule has 0 N–H and O–H groups in total. The van der Waals surface area contributed by atoms with Gasteiger partial charge in [-0.15, -0.1) is 0 Å². The lowest BCUT2D eigenvalue weighted by molar-refractivity contribution is -0.116. The highest BCUT2D eigenvalue weighted by molar-refractivity contribution is 5.91. The van der Waals surface area contributed by atoms with Crippen LogP contribution in [0, 0.1) is 63.6 Å². The second kappa shape index (κ2) is 4.17. The zero-order valence-corrected chi connectivity index (χ0v) is 14.6. The summed E-state index contributed by atoms with van der Waals surface area (Å²) in [6.45, 7) is 2.46. The Morgan fingerprint density at radius 2 is 1.96 bits per heavy atom. The smallest absolute Gasteiger partial charge is 0.155 e. The van der Waals surface area contributed by atoms with Gasteiger partial charge in [0.15, 0.2) is 5.78 Å². The average Bonchev–Trinajstić information content (AvgIpc) is 3.47. The van der Waals surface area contributed by atoms with E-state index in [4.69, 9.17) is 0 Å². The quantitative estimate of drug-likeness (QED) is 0.658. The predicted molar refractivity (Wildman–Crippen MR) is 90.6 cm³/mol.